The van der Waals surface area contributed by atoms with Crippen molar-refractivity contribution in [2.75, 3.05) is 46.6 Å². The summed E-state index contributed by atoms with van der Waals surface area (Å²) < 4.78 is 15.8. The standard InChI is InChI=1S/C31H42N2O7/c1-21(15-25(34)19-33-11-13-39-14-12-33)31(37)32-27(17-23-7-9-26(38-2)10-8-23)28(35)18-24(30(36)29-20-40-29)16-22-5-3-4-6-22/h5,7-10,21,24,27,29H,3-4,6,11-20H2,1-2H3,(H,32,37). The number of Topliss-reactive ketones (excluding diaryl/α,β-unsaturated/α-hetero) is 3. The van der Waals surface area contributed by atoms with Crippen molar-refractivity contribution in [1.82, 2.24) is 10.2 Å². The number of rotatable bonds is 16. The number of ether oxygens (including phenoxy) is 3. The van der Waals surface area contributed by atoms with Gasteiger partial charge in [0.05, 0.1) is 39.5 Å². The summed E-state index contributed by atoms with van der Waals surface area (Å²) in [4.78, 5) is 54.7. The quantitative estimate of drug-likeness (QED) is 0.245. The summed E-state index contributed by atoms with van der Waals surface area (Å²) in [5.41, 5.74) is 2.08. The third kappa shape index (κ3) is 9.08. The number of nitrogens with zero attached hydrogens (tertiary/aromatic N) is 1. The molecule has 0 saturated carbocycles. The van der Waals surface area contributed by atoms with Crippen molar-refractivity contribution in [1.29, 1.82) is 0 Å². The lowest BCUT2D eigenvalue weighted by molar-refractivity contribution is -0.133. The molecule has 0 bridgehead atoms. The first-order valence-corrected chi connectivity index (χ1v) is 14.4. The fourth-order valence-corrected chi connectivity index (χ4v) is 5.44. The van der Waals surface area contributed by atoms with Gasteiger partial charge in [-0.25, -0.2) is 0 Å². The van der Waals surface area contributed by atoms with Crippen molar-refractivity contribution in [3.05, 3.63) is 41.5 Å². The molecule has 9 nitrogen and oxygen atoms in total. The molecule has 4 rings (SSSR count). The molecule has 4 unspecified atom stereocenters. The van der Waals surface area contributed by atoms with Crippen LogP contribution in [0.5, 0.6) is 5.75 Å². The van der Waals surface area contributed by atoms with Crippen LogP contribution in [-0.2, 0) is 35.1 Å². The molecule has 0 aromatic heterocycles. The van der Waals surface area contributed by atoms with Crippen molar-refractivity contribution in [2.24, 2.45) is 11.8 Å². The fraction of sp³-hybridized carbons (Fsp3) is 0.613. The molecule has 0 spiro atoms. The van der Waals surface area contributed by atoms with Gasteiger partial charge in [-0.1, -0.05) is 30.7 Å². The number of benzene rings is 1. The molecule has 9 heteroatoms. The molecule has 1 aromatic carbocycles. The second kappa shape index (κ2) is 14.7. The number of carbonyl (C=O) groups is 4. The average molecular weight is 555 g/mol. The summed E-state index contributed by atoms with van der Waals surface area (Å²) in [7, 11) is 1.59. The molecule has 2 aliphatic heterocycles. The molecule has 2 saturated heterocycles. The predicted molar refractivity (Wildman–Crippen MR) is 149 cm³/mol. The van der Waals surface area contributed by atoms with Gasteiger partial charge in [0.25, 0.3) is 0 Å². The smallest absolute Gasteiger partial charge is 0.223 e. The second-order valence-electron chi connectivity index (χ2n) is 11.2. The molecule has 2 heterocycles. The molecule has 218 valence electrons. The number of methoxy groups -OCH3 is 1. The molecule has 1 amide bonds. The van der Waals surface area contributed by atoms with E-state index in [4.69, 9.17) is 14.2 Å². The Bertz CT molecular complexity index is 1070. The molecular formula is C31H42N2O7. The Balaban J connectivity index is 1.42. The highest BCUT2D eigenvalue weighted by Gasteiger charge is 2.38. The van der Waals surface area contributed by atoms with E-state index in [0.29, 0.717) is 45.1 Å². The van der Waals surface area contributed by atoms with E-state index in [2.05, 4.69) is 11.4 Å². The summed E-state index contributed by atoms with van der Waals surface area (Å²) in [5, 5.41) is 2.92. The third-order valence-electron chi connectivity index (χ3n) is 7.93. The van der Waals surface area contributed by atoms with Crippen LogP contribution in [0.15, 0.2) is 35.9 Å². The Morgan fingerprint density at radius 2 is 1.80 bits per heavy atom. The summed E-state index contributed by atoms with van der Waals surface area (Å²) in [5.74, 6) is -0.918. The first kappa shape index (κ1) is 30.1. The van der Waals surface area contributed by atoms with Gasteiger partial charge in [0.15, 0.2) is 11.6 Å². The van der Waals surface area contributed by atoms with Crippen LogP contribution in [-0.4, -0.2) is 86.9 Å². The molecule has 3 aliphatic rings. The first-order valence-electron chi connectivity index (χ1n) is 14.4. The maximum absolute atomic E-state index is 13.7. The van der Waals surface area contributed by atoms with E-state index in [0.717, 1.165) is 24.8 Å². The lowest BCUT2D eigenvalue weighted by Crippen LogP contribution is -2.46. The number of ketones is 3. The van der Waals surface area contributed by atoms with Gasteiger partial charge < -0.3 is 19.5 Å². The van der Waals surface area contributed by atoms with E-state index in [-0.39, 0.29) is 49.1 Å². The summed E-state index contributed by atoms with van der Waals surface area (Å²) in [6.07, 6.45) is 5.75. The highest BCUT2D eigenvalue weighted by molar-refractivity contribution is 5.96. The molecule has 0 radical (unpaired) electrons. The Morgan fingerprint density at radius 3 is 2.42 bits per heavy atom. The van der Waals surface area contributed by atoms with Gasteiger partial charge in [-0.15, -0.1) is 0 Å². The number of allylic oxidation sites excluding steroid dienone is 2. The predicted octanol–water partition coefficient (Wildman–Crippen LogP) is 2.69. The van der Waals surface area contributed by atoms with Crippen molar-refractivity contribution in [2.45, 2.75) is 64.0 Å². The molecule has 2 fully saturated rings. The van der Waals surface area contributed by atoms with Crippen LogP contribution < -0.4 is 10.1 Å². The van der Waals surface area contributed by atoms with Gasteiger partial charge in [-0.2, -0.15) is 0 Å². The highest BCUT2D eigenvalue weighted by atomic mass is 16.6. The summed E-state index contributed by atoms with van der Waals surface area (Å²) >= 11 is 0. The minimum atomic E-state index is -0.814. The van der Waals surface area contributed by atoms with Gasteiger partial charge in [0.2, 0.25) is 5.91 Å². The molecule has 1 aliphatic carbocycles. The van der Waals surface area contributed by atoms with Gasteiger partial charge >= 0.3 is 0 Å². The van der Waals surface area contributed by atoms with Crippen LogP contribution in [0.25, 0.3) is 0 Å². The van der Waals surface area contributed by atoms with Gasteiger partial charge in [0.1, 0.15) is 17.6 Å². The first-order chi connectivity index (χ1) is 19.3. The maximum Gasteiger partial charge on any atom is 0.223 e. The Kier molecular flexibility index (Phi) is 11.0. The minimum Gasteiger partial charge on any atom is -0.497 e. The number of epoxide rings is 1. The van der Waals surface area contributed by atoms with Crippen LogP contribution in [0.3, 0.4) is 0 Å². The SMILES string of the molecule is COc1ccc(CC(NC(=O)C(C)CC(=O)CN2CCOCC2)C(=O)CC(CC2=CCCC2)C(=O)C2CO2)cc1. The van der Waals surface area contributed by atoms with E-state index in [1.807, 2.05) is 29.2 Å². The zero-order valence-electron chi connectivity index (χ0n) is 23.7. The van der Waals surface area contributed by atoms with Crippen LogP contribution in [0, 0.1) is 11.8 Å². The second-order valence-corrected chi connectivity index (χ2v) is 11.2. The van der Waals surface area contributed by atoms with Crippen LogP contribution in [0.2, 0.25) is 0 Å². The Hall–Kier alpha value is -2.88. The zero-order chi connectivity index (χ0) is 28.5. The normalized spacial score (nSPS) is 21.1. The van der Waals surface area contributed by atoms with Crippen LogP contribution in [0.4, 0.5) is 0 Å². The maximum atomic E-state index is 13.7. The van der Waals surface area contributed by atoms with E-state index >= 15 is 0 Å². The number of hydrogen-bond donors (Lipinski definition) is 1. The molecule has 4 atom stereocenters. The van der Waals surface area contributed by atoms with Crippen LogP contribution >= 0.6 is 0 Å². The number of carbonyl (C=O) groups excluding carboxylic acids is 4. The van der Waals surface area contributed by atoms with E-state index in [9.17, 15) is 19.2 Å². The van der Waals surface area contributed by atoms with E-state index in [1.54, 1.807) is 14.0 Å². The lowest BCUT2D eigenvalue weighted by atomic mass is 9.86. The molecular weight excluding hydrogens is 512 g/mol. The van der Waals surface area contributed by atoms with Crippen LogP contribution in [0.1, 0.15) is 51.0 Å². The number of hydrogen-bond acceptors (Lipinski definition) is 8. The summed E-state index contributed by atoms with van der Waals surface area (Å²) in [6, 6.07) is 6.55. The Morgan fingerprint density at radius 1 is 1.07 bits per heavy atom. The number of morpholine rings is 1. The van der Waals surface area contributed by atoms with Crippen molar-refractivity contribution in [3.63, 3.8) is 0 Å². The topological polar surface area (TPSA) is 115 Å². The van der Waals surface area contributed by atoms with Crippen molar-refractivity contribution in [3.8, 4) is 5.75 Å². The zero-order valence-corrected chi connectivity index (χ0v) is 23.7. The van der Waals surface area contributed by atoms with E-state index in [1.165, 1.54) is 5.57 Å². The number of amides is 1. The van der Waals surface area contributed by atoms with Crippen molar-refractivity contribution >= 4 is 23.3 Å². The van der Waals surface area contributed by atoms with E-state index < -0.39 is 24.0 Å². The Labute approximate surface area is 236 Å². The average Bonchev–Trinajstić information content (AvgIpc) is 3.68. The molecule has 40 heavy (non-hydrogen) atoms. The largest absolute Gasteiger partial charge is 0.497 e. The van der Waals surface area contributed by atoms with Gasteiger partial charge in [0, 0.05) is 37.8 Å². The van der Waals surface area contributed by atoms with Gasteiger partial charge in [-0.3, -0.25) is 24.1 Å². The number of nitrogens with one attached hydrogen (secondary N) is 1. The van der Waals surface area contributed by atoms with Crippen molar-refractivity contribution < 1.29 is 33.4 Å². The highest BCUT2D eigenvalue weighted by Crippen LogP contribution is 2.30. The summed E-state index contributed by atoms with van der Waals surface area (Å²) in [6.45, 7) is 5.02. The monoisotopic (exact) mass is 554 g/mol. The fourth-order valence-electron chi connectivity index (χ4n) is 5.44. The van der Waals surface area contributed by atoms with Gasteiger partial charge in [-0.05, 0) is 49.8 Å². The molecule has 1 aromatic rings. The minimum absolute atomic E-state index is 0.0116. The third-order valence-corrected chi connectivity index (χ3v) is 7.93. The molecule has 1 N–H and O–H groups in total. The lowest BCUT2D eigenvalue weighted by Gasteiger charge is -2.26.